The van der Waals surface area contributed by atoms with E-state index >= 15 is 0 Å². The van der Waals surface area contributed by atoms with Crippen LogP contribution in [-0.2, 0) is 45.0 Å². The molecule has 0 spiro atoms. The highest BCUT2D eigenvalue weighted by Gasteiger charge is 2.32. The zero-order chi connectivity index (χ0) is 38.1. The van der Waals surface area contributed by atoms with Crippen molar-refractivity contribution in [3.8, 4) is 5.75 Å². The number of hydrogen-bond donors (Lipinski definition) is 4. The van der Waals surface area contributed by atoms with Gasteiger partial charge in [-0.3, -0.25) is 19.2 Å². The first-order valence-corrected chi connectivity index (χ1v) is 19.0. The molecule has 0 fully saturated rings. The number of carbonyl (C=O) groups is 4. The Balaban J connectivity index is 1.51. The van der Waals surface area contributed by atoms with Gasteiger partial charge in [-0.15, -0.1) is 11.3 Å². The lowest BCUT2D eigenvalue weighted by atomic mass is 10.00. The molecule has 0 saturated carbocycles. The maximum absolute atomic E-state index is 14.3. The van der Waals surface area contributed by atoms with E-state index in [1.807, 2.05) is 68.6 Å². The quantitative estimate of drug-likeness (QED) is 0.212. The zero-order valence-electron chi connectivity index (χ0n) is 31.2. The molecule has 13 nitrogen and oxygen atoms in total. The molecule has 4 N–H and O–H groups in total. The molecule has 2 aliphatic rings. The minimum atomic E-state index is -1.01. The molecule has 0 saturated heterocycles. The number of aryl methyl sites for hydroxylation is 2. The Bertz CT molecular complexity index is 1860. The highest BCUT2D eigenvalue weighted by molar-refractivity contribution is 7.09. The van der Waals surface area contributed by atoms with Gasteiger partial charge in [-0.05, 0) is 55.4 Å². The largest absolute Gasteiger partial charge is 0.491 e. The molecular weight excluding hydrogens is 693 g/mol. The van der Waals surface area contributed by atoms with Crippen molar-refractivity contribution in [3.05, 3.63) is 93.5 Å². The summed E-state index contributed by atoms with van der Waals surface area (Å²) in [6.07, 6.45) is 1.06. The van der Waals surface area contributed by atoms with E-state index in [0.717, 1.165) is 16.1 Å². The van der Waals surface area contributed by atoms with Gasteiger partial charge in [-0.2, -0.15) is 5.10 Å². The average Bonchev–Trinajstić information content (AvgIpc) is 3.68. The number of amides is 4. The Hall–Kier alpha value is -5.11. The molecule has 0 unspecified atom stereocenters. The van der Waals surface area contributed by atoms with Crippen molar-refractivity contribution < 1.29 is 23.9 Å². The van der Waals surface area contributed by atoms with E-state index in [4.69, 9.17) is 4.74 Å². The third kappa shape index (κ3) is 11.4. The fourth-order valence-corrected chi connectivity index (χ4v) is 6.96. The molecule has 2 aromatic heterocycles. The summed E-state index contributed by atoms with van der Waals surface area (Å²) in [7, 11) is 0. The van der Waals surface area contributed by atoms with E-state index in [1.54, 1.807) is 19.1 Å². The number of nitrogens with one attached hydrogen (secondary N) is 4. The van der Waals surface area contributed by atoms with Crippen molar-refractivity contribution in [1.82, 2.24) is 41.0 Å². The minimum Gasteiger partial charge on any atom is -0.491 e. The summed E-state index contributed by atoms with van der Waals surface area (Å²) in [5.74, 6) is 0.0716. The topological polar surface area (TPSA) is 169 Å². The van der Waals surface area contributed by atoms with Gasteiger partial charge < -0.3 is 26.0 Å². The summed E-state index contributed by atoms with van der Waals surface area (Å²) in [6, 6.07) is 13.8. The summed E-state index contributed by atoms with van der Waals surface area (Å²) in [5, 5.41) is 19.3. The van der Waals surface area contributed by atoms with Crippen molar-refractivity contribution in [1.29, 1.82) is 0 Å². The van der Waals surface area contributed by atoms with Crippen LogP contribution >= 0.6 is 11.3 Å². The van der Waals surface area contributed by atoms with Crippen molar-refractivity contribution in [2.45, 2.75) is 97.9 Å². The molecule has 2 aromatic carbocycles. The summed E-state index contributed by atoms with van der Waals surface area (Å²) >= 11 is 1.45. The van der Waals surface area contributed by atoms with Gasteiger partial charge in [0, 0.05) is 18.2 Å². The van der Waals surface area contributed by atoms with E-state index in [2.05, 4.69) is 50.2 Å². The molecule has 6 rings (SSSR count). The second-order valence-electron chi connectivity index (χ2n) is 14.4. The van der Waals surface area contributed by atoms with Crippen LogP contribution in [0.25, 0.3) is 0 Å². The van der Waals surface area contributed by atoms with Crippen LogP contribution in [0.5, 0.6) is 5.75 Å². The van der Waals surface area contributed by atoms with E-state index in [-0.39, 0.29) is 56.2 Å². The number of aromatic nitrogens is 4. The monoisotopic (exact) mass is 742 g/mol. The summed E-state index contributed by atoms with van der Waals surface area (Å²) < 4.78 is 7.66. The predicted octanol–water partition coefficient (Wildman–Crippen LogP) is 3.79. The molecule has 4 heterocycles. The molecular formula is C39H50N8O5S. The molecule has 2 bridgehead atoms. The number of hydrogen-bond acceptors (Lipinski definition) is 9. The molecule has 14 heteroatoms. The molecule has 4 atom stereocenters. The van der Waals surface area contributed by atoms with Crippen molar-refractivity contribution in [2.75, 3.05) is 6.61 Å². The maximum Gasteiger partial charge on any atom is 0.243 e. The van der Waals surface area contributed by atoms with Crippen LogP contribution in [0.1, 0.15) is 73.6 Å². The lowest BCUT2D eigenvalue weighted by molar-refractivity contribution is -0.132. The lowest BCUT2D eigenvalue weighted by Gasteiger charge is -2.27. The third-order valence-electron chi connectivity index (χ3n) is 8.85. The van der Waals surface area contributed by atoms with Gasteiger partial charge in [0.15, 0.2) is 5.82 Å². The van der Waals surface area contributed by atoms with Crippen LogP contribution in [0.3, 0.4) is 0 Å². The number of fused-ring (bicyclic) bond motifs is 14. The fraction of sp³-hybridized carbons (Fsp3) is 0.462. The number of ether oxygens (including phenoxy) is 1. The van der Waals surface area contributed by atoms with Crippen molar-refractivity contribution in [2.24, 2.45) is 11.8 Å². The van der Waals surface area contributed by atoms with Gasteiger partial charge in [0.05, 0.1) is 29.2 Å². The van der Waals surface area contributed by atoms with E-state index < -0.39 is 29.9 Å². The Morgan fingerprint density at radius 3 is 2.36 bits per heavy atom. The number of rotatable bonds is 8. The second-order valence-corrected chi connectivity index (χ2v) is 15.4. The molecule has 4 amide bonds. The first-order valence-electron chi connectivity index (χ1n) is 18.1. The van der Waals surface area contributed by atoms with Crippen LogP contribution < -0.4 is 26.0 Å². The average molecular weight is 743 g/mol. The van der Waals surface area contributed by atoms with Crippen LogP contribution in [0, 0.1) is 25.7 Å². The van der Waals surface area contributed by atoms with Crippen molar-refractivity contribution in [3.63, 3.8) is 0 Å². The molecule has 4 aromatic rings. The summed E-state index contributed by atoms with van der Waals surface area (Å²) in [4.78, 5) is 64.3. The lowest BCUT2D eigenvalue weighted by Crippen LogP contribution is -2.56. The molecule has 2 aliphatic heterocycles. The normalized spacial score (nSPS) is 20.3. The second kappa shape index (κ2) is 18.1. The summed E-state index contributed by atoms with van der Waals surface area (Å²) in [5.41, 5.74) is 2.24. The highest BCUT2D eigenvalue weighted by Crippen LogP contribution is 2.22. The van der Waals surface area contributed by atoms with Gasteiger partial charge in [-0.1, -0.05) is 70.2 Å². The number of thiazole rings is 1. The molecule has 0 aliphatic carbocycles. The Labute approximate surface area is 314 Å². The standard InChI is InChI=1S/C39H50N8O5S/c1-23(2)16-29-21-52-31-14-12-28(13-15-31)18-32(43-34(48)19-30-22-53-26(6)41-30)38(50)44-33(17-27-10-8-7-9-11-27)39(51)45-36(24(3)4)37-40-25(5)46-47(37)20-35(49)42-29/h7-15,22-24,29,32-33,36H,16-21H2,1-6H3,(H,42,49)(H,43,48)(H,44,50)(H,45,51)/t29-,32-,33-,36-/m0/s1. The molecule has 282 valence electrons. The maximum atomic E-state index is 14.3. The van der Waals surface area contributed by atoms with Crippen molar-refractivity contribution >= 4 is 35.0 Å². The minimum absolute atomic E-state index is 0.0130. The molecule has 0 radical (unpaired) electrons. The van der Waals surface area contributed by atoms with Crippen LogP contribution in [0.4, 0.5) is 0 Å². The first-order chi connectivity index (χ1) is 25.3. The zero-order valence-corrected chi connectivity index (χ0v) is 32.0. The Kier molecular flexibility index (Phi) is 13.3. The van der Waals surface area contributed by atoms with E-state index in [0.29, 0.717) is 35.4 Å². The van der Waals surface area contributed by atoms with Crippen LogP contribution in [-0.4, -0.2) is 68.1 Å². The Morgan fingerprint density at radius 1 is 0.962 bits per heavy atom. The fourth-order valence-electron chi connectivity index (χ4n) is 6.34. The van der Waals surface area contributed by atoms with E-state index in [1.165, 1.54) is 16.0 Å². The number of benzene rings is 2. The van der Waals surface area contributed by atoms with Gasteiger partial charge >= 0.3 is 0 Å². The Morgan fingerprint density at radius 2 is 1.70 bits per heavy atom. The van der Waals surface area contributed by atoms with Crippen LogP contribution in [0.2, 0.25) is 0 Å². The van der Waals surface area contributed by atoms with Crippen LogP contribution in [0.15, 0.2) is 60.0 Å². The SMILES string of the molecule is Cc1nc2n(n1)CC(=O)N[C@@H](CC(C)C)COc1ccc(cc1)C[C@H](NC(=O)Cc1csc(C)n1)C(=O)N[C@@H](Cc1ccccc1)C(=O)N[C@H]2C(C)C. The number of nitrogens with zero attached hydrogens (tertiary/aromatic N) is 4. The van der Waals surface area contributed by atoms with Gasteiger partial charge in [0.2, 0.25) is 23.6 Å². The first kappa shape index (κ1) is 39.1. The smallest absolute Gasteiger partial charge is 0.243 e. The van der Waals surface area contributed by atoms with Gasteiger partial charge in [-0.25, -0.2) is 14.6 Å². The third-order valence-corrected chi connectivity index (χ3v) is 9.68. The van der Waals surface area contributed by atoms with E-state index in [9.17, 15) is 19.2 Å². The van der Waals surface area contributed by atoms with Gasteiger partial charge in [0.25, 0.3) is 0 Å². The number of carbonyl (C=O) groups excluding carboxylic acids is 4. The predicted molar refractivity (Wildman–Crippen MR) is 202 cm³/mol. The summed E-state index contributed by atoms with van der Waals surface area (Å²) in [6.45, 7) is 11.8. The highest BCUT2D eigenvalue weighted by atomic mass is 32.1. The van der Waals surface area contributed by atoms with Gasteiger partial charge in [0.1, 0.15) is 36.8 Å². The molecule has 53 heavy (non-hydrogen) atoms.